The van der Waals surface area contributed by atoms with E-state index in [9.17, 15) is 13.2 Å². The maximum atomic E-state index is 12.1. The minimum atomic E-state index is -3.19. The normalized spacial score (nSPS) is 20.8. The monoisotopic (exact) mass is 316 g/mol. The van der Waals surface area contributed by atoms with E-state index in [1.54, 1.807) is 18.3 Å². The molecule has 1 aromatic heterocycles. The van der Waals surface area contributed by atoms with E-state index in [0.717, 1.165) is 17.7 Å². The first kappa shape index (κ1) is 15.5. The molecule has 0 radical (unpaired) electrons. The molecule has 1 amide bonds. The summed E-state index contributed by atoms with van der Waals surface area (Å²) in [5, 5.41) is 4.86. The van der Waals surface area contributed by atoms with Crippen molar-refractivity contribution in [3.8, 4) is 0 Å². The van der Waals surface area contributed by atoms with Crippen LogP contribution in [0.2, 0.25) is 0 Å². The molecule has 1 saturated heterocycles. The van der Waals surface area contributed by atoms with Crippen LogP contribution < -0.4 is 5.32 Å². The van der Waals surface area contributed by atoms with Crippen LogP contribution in [0.4, 0.5) is 0 Å². The lowest BCUT2D eigenvalue weighted by atomic mass is 9.99. The number of nitrogens with one attached hydrogen (secondary N) is 1. The van der Waals surface area contributed by atoms with Gasteiger partial charge in [0.05, 0.1) is 18.2 Å². The fourth-order valence-electron chi connectivity index (χ4n) is 2.32. The molecule has 0 bridgehead atoms. The van der Waals surface area contributed by atoms with E-state index < -0.39 is 10.0 Å². The summed E-state index contributed by atoms with van der Waals surface area (Å²) in [7, 11) is -3.19. The van der Waals surface area contributed by atoms with Crippen LogP contribution >= 0.6 is 11.3 Å². The summed E-state index contributed by atoms with van der Waals surface area (Å²) in [6, 6.07) is 3.92. The standard InChI is InChI=1S/C13H20N2O3S2/c1-2-20(17,18)15-7-3-5-11(10-15)13(16)14-9-12-6-4-8-19-12/h4,6,8,11H,2-3,5,7,9-10H2,1H3,(H,14,16)/t11-/m1/s1. The van der Waals surface area contributed by atoms with Crippen molar-refractivity contribution in [2.45, 2.75) is 26.3 Å². The molecule has 20 heavy (non-hydrogen) atoms. The molecule has 1 aliphatic rings. The zero-order chi connectivity index (χ0) is 14.6. The van der Waals surface area contributed by atoms with Crippen molar-refractivity contribution in [3.63, 3.8) is 0 Å². The SMILES string of the molecule is CCS(=O)(=O)N1CCC[C@@H](C(=O)NCc2cccs2)C1. The topological polar surface area (TPSA) is 66.5 Å². The van der Waals surface area contributed by atoms with Crippen molar-refractivity contribution < 1.29 is 13.2 Å². The van der Waals surface area contributed by atoms with Gasteiger partial charge in [0.15, 0.2) is 0 Å². The van der Waals surface area contributed by atoms with Gasteiger partial charge in [-0.05, 0) is 31.2 Å². The minimum absolute atomic E-state index is 0.0468. The molecule has 2 heterocycles. The Balaban J connectivity index is 1.90. The van der Waals surface area contributed by atoms with Gasteiger partial charge < -0.3 is 5.32 Å². The van der Waals surface area contributed by atoms with Crippen LogP contribution in [-0.2, 0) is 21.4 Å². The molecule has 5 nitrogen and oxygen atoms in total. The number of rotatable bonds is 5. The quantitative estimate of drug-likeness (QED) is 0.893. The summed E-state index contributed by atoms with van der Waals surface area (Å²) in [6.45, 7) is 3.00. The predicted molar refractivity (Wildman–Crippen MR) is 79.9 cm³/mol. The van der Waals surface area contributed by atoms with Crippen LogP contribution in [0.5, 0.6) is 0 Å². The summed E-state index contributed by atoms with van der Waals surface area (Å²) in [5.41, 5.74) is 0. The molecule has 1 N–H and O–H groups in total. The molecule has 0 unspecified atom stereocenters. The Hall–Kier alpha value is -0.920. The van der Waals surface area contributed by atoms with Crippen LogP contribution in [0.1, 0.15) is 24.6 Å². The first-order valence-corrected chi connectivity index (χ1v) is 9.29. The zero-order valence-electron chi connectivity index (χ0n) is 11.5. The molecular formula is C13H20N2O3S2. The molecule has 7 heteroatoms. The highest BCUT2D eigenvalue weighted by Gasteiger charge is 2.31. The van der Waals surface area contributed by atoms with Crippen molar-refractivity contribution in [1.82, 2.24) is 9.62 Å². The highest BCUT2D eigenvalue weighted by molar-refractivity contribution is 7.89. The number of hydrogen-bond acceptors (Lipinski definition) is 4. The van der Waals surface area contributed by atoms with E-state index >= 15 is 0 Å². The Bertz CT molecular complexity index is 540. The van der Waals surface area contributed by atoms with Crippen LogP contribution in [0.25, 0.3) is 0 Å². The van der Waals surface area contributed by atoms with Gasteiger partial charge in [0, 0.05) is 18.0 Å². The summed E-state index contributed by atoms with van der Waals surface area (Å²) in [6.07, 6.45) is 1.50. The number of carbonyl (C=O) groups excluding carboxylic acids is 1. The third kappa shape index (κ3) is 3.80. The second kappa shape index (κ2) is 6.69. The fraction of sp³-hybridized carbons (Fsp3) is 0.615. The lowest BCUT2D eigenvalue weighted by Gasteiger charge is -2.30. The van der Waals surface area contributed by atoms with Crippen LogP contribution in [0.15, 0.2) is 17.5 Å². The highest BCUT2D eigenvalue weighted by Crippen LogP contribution is 2.20. The molecule has 112 valence electrons. The van der Waals surface area contributed by atoms with Gasteiger partial charge in [0.1, 0.15) is 0 Å². The molecular weight excluding hydrogens is 296 g/mol. The van der Waals surface area contributed by atoms with E-state index in [1.165, 1.54) is 4.31 Å². The number of amides is 1. The van der Waals surface area contributed by atoms with Crippen LogP contribution in [0.3, 0.4) is 0 Å². The summed E-state index contributed by atoms with van der Waals surface area (Å²) >= 11 is 1.60. The Morgan fingerprint density at radius 3 is 3.00 bits per heavy atom. The van der Waals surface area contributed by atoms with Gasteiger partial charge in [-0.1, -0.05) is 6.07 Å². The predicted octanol–water partition coefficient (Wildman–Crippen LogP) is 1.43. The second-order valence-electron chi connectivity index (χ2n) is 4.89. The summed E-state index contributed by atoms with van der Waals surface area (Å²) in [4.78, 5) is 13.2. The van der Waals surface area contributed by atoms with E-state index in [4.69, 9.17) is 0 Å². The van der Waals surface area contributed by atoms with Crippen LogP contribution in [0, 0.1) is 5.92 Å². The molecule has 0 spiro atoms. The average molecular weight is 316 g/mol. The van der Waals surface area contributed by atoms with E-state index in [1.807, 2.05) is 17.5 Å². The number of sulfonamides is 1. The van der Waals surface area contributed by atoms with Gasteiger partial charge in [-0.3, -0.25) is 4.79 Å². The maximum absolute atomic E-state index is 12.1. The van der Waals surface area contributed by atoms with Crippen molar-refractivity contribution in [3.05, 3.63) is 22.4 Å². The number of thiophene rings is 1. The van der Waals surface area contributed by atoms with Crippen molar-refractivity contribution in [2.75, 3.05) is 18.8 Å². The smallest absolute Gasteiger partial charge is 0.224 e. The van der Waals surface area contributed by atoms with Crippen LogP contribution in [-0.4, -0.2) is 37.5 Å². The number of carbonyl (C=O) groups is 1. The largest absolute Gasteiger partial charge is 0.351 e. The lowest BCUT2D eigenvalue weighted by Crippen LogP contribution is -2.45. The van der Waals surface area contributed by atoms with Gasteiger partial charge in [0.25, 0.3) is 0 Å². The molecule has 0 aromatic carbocycles. The number of piperidine rings is 1. The van der Waals surface area contributed by atoms with Crippen molar-refractivity contribution >= 4 is 27.3 Å². The Kier molecular flexibility index (Phi) is 5.17. The molecule has 1 aliphatic heterocycles. The molecule has 1 aromatic rings. The number of hydrogen-bond donors (Lipinski definition) is 1. The van der Waals surface area contributed by atoms with Gasteiger partial charge in [-0.2, -0.15) is 0 Å². The average Bonchev–Trinajstić information content (AvgIpc) is 2.98. The first-order chi connectivity index (χ1) is 9.53. The molecule has 0 aliphatic carbocycles. The van der Waals surface area contributed by atoms with E-state index in [0.29, 0.717) is 19.6 Å². The summed E-state index contributed by atoms with van der Waals surface area (Å²) < 4.78 is 25.2. The van der Waals surface area contributed by atoms with E-state index in [2.05, 4.69) is 5.32 Å². The highest BCUT2D eigenvalue weighted by atomic mass is 32.2. The Labute approximate surface area is 124 Å². The zero-order valence-corrected chi connectivity index (χ0v) is 13.2. The van der Waals surface area contributed by atoms with Gasteiger partial charge >= 0.3 is 0 Å². The van der Waals surface area contributed by atoms with Crippen molar-refractivity contribution in [2.24, 2.45) is 5.92 Å². The minimum Gasteiger partial charge on any atom is -0.351 e. The Morgan fingerprint density at radius 2 is 2.35 bits per heavy atom. The maximum Gasteiger partial charge on any atom is 0.224 e. The molecule has 2 rings (SSSR count). The van der Waals surface area contributed by atoms with E-state index in [-0.39, 0.29) is 17.6 Å². The molecule has 1 fully saturated rings. The van der Waals surface area contributed by atoms with Gasteiger partial charge in [0.2, 0.25) is 15.9 Å². The first-order valence-electron chi connectivity index (χ1n) is 6.81. The van der Waals surface area contributed by atoms with Crippen molar-refractivity contribution in [1.29, 1.82) is 0 Å². The van der Waals surface area contributed by atoms with Gasteiger partial charge in [-0.15, -0.1) is 11.3 Å². The molecule has 1 atom stereocenters. The third-order valence-corrected chi connectivity index (χ3v) is 6.25. The summed E-state index contributed by atoms with van der Waals surface area (Å²) in [5.74, 6) is -0.185. The lowest BCUT2D eigenvalue weighted by molar-refractivity contribution is -0.126. The van der Waals surface area contributed by atoms with Gasteiger partial charge in [-0.25, -0.2) is 12.7 Å². The third-order valence-electron chi connectivity index (χ3n) is 3.53. The second-order valence-corrected chi connectivity index (χ2v) is 8.18. The Morgan fingerprint density at radius 1 is 1.55 bits per heavy atom. The molecule has 0 saturated carbocycles. The fourth-order valence-corrected chi connectivity index (χ4v) is 4.15. The number of nitrogens with zero attached hydrogens (tertiary/aromatic N) is 1.